The molecule has 3 aromatic rings. The smallest absolute Gasteiger partial charge is 0.145 e. The Hall–Kier alpha value is -2.40. The predicted molar refractivity (Wildman–Crippen MR) is 98.7 cm³/mol. The molecule has 25 heavy (non-hydrogen) atoms. The van der Waals surface area contributed by atoms with Crippen LogP contribution in [0.3, 0.4) is 0 Å². The summed E-state index contributed by atoms with van der Waals surface area (Å²) >= 11 is 0. The largest absolute Gasteiger partial charge is 0.491 e. The zero-order valence-corrected chi connectivity index (χ0v) is 14.6. The molecule has 0 bridgehead atoms. The molecule has 1 atom stereocenters. The Morgan fingerprint density at radius 1 is 1.28 bits per heavy atom. The van der Waals surface area contributed by atoms with Crippen LogP contribution in [0.1, 0.15) is 36.6 Å². The minimum Gasteiger partial charge on any atom is -0.491 e. The highest BCUT2D eigenvalue weighted by molar-refractivity contribution is 5.84. The van der Waals surface area contributed by atoms with Crippen molar-refractivity contribution in [1.82, 2.24) is 20.1 Å². The van der Waals surface area contributed by atoms with E-state index in [1.54, 1.807) is 0 Å². The number of aromatic nitrogens is 3. The van der Waals surface area contributed by atoms with Crippen LogP contribution in [0.25, 0.3) is 10.9 Å². The second-order valence-corrected chi connectivity index (χ2v) is 6.60. The SMILES string of the molecule is Cn1ncc2c1CCCC2NCCCOc1cccc2cccnc12. The summed E-state index contributed by atoms with van der Waals surface area (Å²) in [5.41, 5.74) is 3.68. The van der Waals surface area contributed by atoms with Gasteiger partial charge in [-0.05, 0) is 44.4 Å². The number of nitrogens with zero attached hydrogens (tertiary/aromatic N) is 3. The summed E-state index contributed by atoms with van der Waals surface area (Å²) in [5.74, 6) is 0.866. The monoisotopic (exact) mass is 336 g/mol. The van der Waals surface area contributed by atoms with Crippen LogP contribution in [0.5, 0.6) is 5.75 Å². The Labute approximate surface area is 148 Å². The van der Waals surface area contributed by atoms with E-state index in [0.717, 1.165) is 36.0 Å². The Kier molecular flexibility index (Phi) is 4.65. The summed E-state index contributed by atoms with van der Waals surface area (Å²) < 4.78 is 7.98. The van der Waals surface area contributed by atoms with E-state index in [4.69, 9.17) is 4.74 Å². The molecule has 130 valence electrons. The van der Waals surface area contributed by atoms with Gasteiger partial charge in [-0.15, -0.1) is 0 Å². The number of aryl methyl sites for hydroxylation is 1. The van der Waals surface area contributed by atoms with E-state index in [2.05, 4.69) is 27.5 Å². The molecule has 2 aromatic heterocycles. The van der Waals surface area contributed by atoms with Crippen LogP contribution in [0, 0.1) is 0 Å². The molecule has 0 radical (unpaired) electrons. The molecule has 1 aromatic carbocycles. The molecule has 2 heterocycles. The molecule has 0 spiro atoms. The van der Waals surface area contributed by atoms with Crippen LogP contribution >= 0.6 is 0 Å². The third-order valence-electron chi connectivity index (χ3n) is 4.94. The van der Waals surface area contributed by atoms with Crippen molar-refractivity contribution >= 4 is 10.9 Å². The van der Waals surface area contributed by atoms with E-state index in [-0.39, 0.29) is 0 Å². The average Bonchev–Trinajstić information content (AvgIpc) is 3.03. The number of fused-ring (bicyclic) bond motifs is 2. The van der Waals surface area contributed by atoms with E-state index in [9.17, 15) is 0 Å². The first-order chi connectivity index (χ1) is 12.3. The summed E-state index contributed by atoms with van der Waals surface area (Å²) in [6, 6.07) is 10.5. The van der Waals surface area contributed by atoms with E-state index in [0.29, 0.717) is 12.6 Å². The first-order valence-electron chi connectivity index (χ1n) is 9.03. The zero-order chi connectivity index (χ0) is 17.1. The van der Waals surface area contributed by atoms with Crippen LogP contribution in [-0.4, -0.2) is 27.9 Å². The third kappa shape index (κ3) is 3.37. The lowest BCUT2D eigenvalue weighted by Gasteiger charge is -2.24. The molecule has 0 saturated heterocycles. The lowest BCUT2D eigenvalue weighted by molar-refractivity contribution is 0.305. The van der Waals surface area contributed by atoms with Gasteiger partial charge in [-0.1, -0.05) is 18.2 Å². The van der Waals surface area contributed by atoms with Crippen LogP contribution in [0.15, 0.2) is 42.7 Å². The molecular weight excluding hydrogens is 312 g/mol. The topological polar surface area (TPSA) is 52.0 Å². The maximum absolute atomic E-state index is 5.96. The first kappa shape index (κ1) is 16.1. The molecular formula is C20H24N4O. The highest BCUT2D eigenvalue weighted by atomic mass is 16.5. The minimum absolute atomic E-state index is 0.427. The van der Waals surface area contributed by atoms with Crippen LogP contribution in [0.4, 0.5) is 0 Å². The third-order valence-corrected chi connectivity index (χ3v) is 4.94. The Morgan fingerprint density at radius 2 is 2.20 bits per heavy atom. The summed E-state index contributed by atoms with van der Waals surface area (Å²) in [6.07, 6.45) is 8.35. The Morgan fingerprint density at radius 3 is 3.16 bits per heavy atom. The van der Waals surface area contributed by atoms with Crippen molar-refractivity contribution in [2.45, 2.75) is 31.7 Å². The van der Waals surface area contributed by atoms with Crippen molar-refractivity contribution in [3.63, 3.8) is 0 Å². The number of rotatable bonds is 6. The predicted octanol–water partition coefficient (Wildman–Crippen LogP) is 3.40. The molecule has 0 saturated carbocycles. The van der Waals surface area contributed by atoms with Gasteiger partial charge in [-0.3, -0.25) is 9.67 Å². The molecule has 5 heteroatoms. The van der Waals surface area contributed by atoms with Gasteiger partial charge in [0.1, 0.15) is 11.3 Å². The van der Waals surface area contributed by atoms with Gasteiger partial charge in [-0.25, -0.2) is 0 Å². The van der Waals surface area contributed by atoms with Crippen molar-refractivity contribution in [2.75, 3.05) is 13.2 Å². The minimum atomic E-state index is 0.427. The van der Waals surface area contributed by atoms with Gasteiger partial charge in [0.25, 0.3) is 0 Å². The molecule has 0 amide bonds. The van der Waals surface area contributed by atoms with Gasteiger partial charge in [0.05, 0.1) is 12.8 Å². The maximum Gasteiger partial charge on any atom is 0.145 e. The zero-order valence-electron chi connectivity index (χ0n) is 14.6. The van der Waals surface area contributed by atoms with Gasteiger partial charge in [0, 0.05) is 35.9 Å². The average molecular weight is 336 g/mol. The van der Waals surface area contributed by atoms with E-state index in [1.807, 2.05) is 42.3 Å². The first-order valence-corrected chi connectivity index (χ1v) is 9.03. The quantitative estimate of drug-likeness (QED) is 0.701. The standard InChI is InChI=1S/C20H24N4O/c1-24-18-9-3-8-17(16(18)14-23-24)21-12-5-13-25-19-10-2-6-15-7-4-11-22-20(15)19/h2,4,6-7,10-11,14,17,21H,3,5,8-9,12-13H2,1H3. The van der Waals surface area contributed by atoms with Gasteiger partial charge < -0.3 is 10.1 Å². The van der Waals surface area contributed by atoms with Crippen LogP contribution < -0.4 is 10.1 Å². The molecule has 1 N–H and O–H groups in total. The number of hydrogen-bond donors (Lipinski definition) is 1. The second-order valence-electron chi connectivity index (χ2n) is 6.60. The molecule has 1 unspecified atom stereocenters. The fraction of sp³-hybridized carbons (Fsp3) is 0.400. The van der Waals surface area contributed by atoms with Crippen molar-refractivity contribution in [3.8, 4) is 5.75 Å². The van der Waals surface area contributed by atoms with E-state index >= 15 is 0 Å². The van der Waals surface area contributed by atoms with Crippen LogP contribution in [0.2, 0.25) is 0 Å². The van der Waals surface area contributed by atoms with E-state index < -0.39 is 0 Å². The van der Waals surface area contributed by atoms with Crippen molar-refractivity contribution in [1.29, 1.82) is 0 Å². The van der Waals surface area contributed by atoms with Crippen molar-refractivity contribution < 1.29 is 4.74 Å². The number of ether oxygens (including phenoxy) is 1. The van der Waals surface area contributed by atoms with Gasteiger partial charge >= 0.3 is 0 Å². The number of nitrogens with one attached hydrogen (secondary N) is 1. The Bertz CT molecular complexity index is 853. The lowest BCUT2D eigenvalue weighted by Crippen LogP contribution is -2.27. The summed E-state index contributed by atoms with van der Waals surface area (Å²) in [5, 5.41) is 9.19. The normalized spacial score (nSPS) is 16.8. The molecule has 4 rings (SSSR count). The van der Waals surface area contributed by atoms with E-state index in [1.165, 1.54) is 24.1 Å². The highest BCUT2D eigenvalue weighted by Gasteiger charge is 2.22. The second kappa shape index (κ2) is 7.23. The van der Waals surface area contributed by atoms with Crippen molar-refractivity contribution in [2.24, 2.45) is 7.05 Å². The molecule has 0 aliphatic heterocycles. The molecule has 1 aliphatic rings. The highest BCUT2D eigenvalue weighted by Crippen LogP contribution is 2.29. The van der Waals surface area contributed by atoms with Gasteiger partial charge in [0.15, 0.2) is 0 Å². The lowest BCUT2D eigenvalue weighted by atomic mass is 9.93. The molecule has 0 fully saturated rings. The molecule has 5 nitrogen and oxygen atoms in total. The fourth-order valence-electron chi connectivity index (χ4n) is 3.64. The Balaban J connectivity index is 1.29. The number of pyridine rings is 1. The van der Waals surface area contributed by atoms with Gasteiger partial charge in [-0.2, -0.15) is 5.10 Å². The fourth-order valence-corrected chi connectivity index (χ4v) is 3.64. The van der Waals surface area contributed by atoms with Gasteiger partial charge in [0.2, 0.25) is 0 Å². The van der Waals surface area contributed by atoms with Crippen LogP contribution in [-0.2, 0) is 13.5 Å². The number of hydrogen-bond acceptors (Lipinski definition) is 4. The summed E-state index contributed by atoms with van der Waals surface area (Å²) in [7, 11) is 2.03. The summed E-state index contributed by atoms with van der Waals surface area (Å²) in [6.45, 7) is 1.63. The molecule has 1 aliphatic carbocycles. The number of para-hydroxylation sites is 1. The van der Waals surface area contributed by atoms with Crippen molar-refractivity contribution in [3.05, 3.63) is 54.0 Å². The number of benzene rings is 1. The summed E-state index contributed by atoms with van der Waals surface area (Å²) in [4.78, 5) is 4.43. The maximum atomic E-state index is 5.96.